The summed E-state index contributed by atoms with van der Waals surface area (Å²) in [5, 5.41) is 4.24. The van der Waals surface area contributed by atoms with Crippen LogP contribution in [-0.2, 0) is 0 Å². The van der Waals surface area contributed by atoms with Crippen LogP contribution in [0, 0.1) is 5.92 Å². The third kappa shape index (κ3) is 3.98. The molecule has 2 aliphatic rings. The first-order chi connectivity index (χ1) is 14.1. The highest BCUT2D eigenvalue weighted by atomic mass is 32.1. The third-order valence-electron chi connectivity index (χ3n) is 6.25. The van der Waals surface area contributed by atoms with Gasteiger partial charge in [-0.2, -0.15) is 0 Å². The minimum absolute atomic E-state index is 0.170. The molecule has 29 heavy (non-hydrogen) atoms. The molecule has 1 aromatic carbocycles. The zero-order valence-corrected chi connectivity index (χ0v) is 17.8. The Kier molecular flexibility index (Phi) is 6.06. The number of nitrogens with zero attached hydrogens (tertiary/aromatic N) is 1. The molecule has 1 amide bonds. The molecule has 2 unspecified atom stereocenters. The second kappa shape index (κ2) is 8.71. The predicted octanol–water partition coefficient (Wildman–Crippen LogP) is 3.27. The van der Waals surface area contributed by atoms with Crippen molar-refractivity contribution in [2.75, 3.05) is 33.9 Å². The lowest BCUT2D eigenvalue weighted by Gasteiger charge is -2.44. The van der Waals surface area contributed by atoms with E-state index in [2.05, 4.69) is 10.2 Å². The highest BCUT2D eigenvalue weighted by molar-refractivity contribution is 7.12. The van der Waals surface area contributed by atoms with Crippen LogP contribution in [0.5, 0.6) is 11.5 Å². The Hall–Kier alpha value is -2.12. The maximum Gasteiger partial charge on any atom is 0.261 e. The molecule has 2 saturated heterocycles. The number of rotatable bonds is 5. The Bertz CT molecular complexity index is 956. The van der Waals surface area contributed by atoms with Gasteiger partial charge in [0.15, 0.2) is 11.5 Å². The summed E-state index contributed by atoms with van der Waals surface area (Å²) in [7, 11) is 3.05. The van der Waals surface area contributed by atoms with Crippen LogP contribution < -0.4 is 19.5 Å². The molecule has 2 aliphatic heterocycles. The van der Waals surface area contributed by atoms with E-state index < -0.39 is 0 Å². The van der Waals surface area contributed by atoms with Crippen LogP contribution in [0.3, 0.4) is 0 Å². The quantitative estimate of drug-likeness (QED) is 0.810. The summed E-state index contributed by atoms with van der Waals surface area (Å²) >= 11 is 0.959. The topological polar surface area (TPSA) is 67.9 Å². The Labute approximate surface area is 174 Å². The van der Waals surface area contributed by atoms with Crippen molar-refractivity contribution in [3.63, 3.8) is 0 Å². The first kappa shape index (κ1) is 20.2. The first-order valence-electron chi connectivity index (χ1n) is 10.3. The van der Waals surface area contributed by atoms with Crippen molar-refractivity contribution in [2.45, 2.75) is 38.1 Å². The molecule has 156 valence electrons. The molecule has 2 aromatic rings. The Morgan fingerprint density at radius 2 is 2.00 bits per heavy atom. The van der Waals surface area contributed by atoms with Gasteiger partial charge in [0.1, 0.15) is 0 Å². The number of ether oxygens (including phenoxy) is 2. The second-order valence-electron chi connectivity index (χ2n) is 7.87. The smallest absolute Gasteiger partial charge is 0.261 e. The molecule has 1 N–H and O–H groups in total. The van der Waals surface area contributed by atoms with E-state index in [1.807, 2.05) is 0 Å². The van der Waals surface area contributed by atoms with Crippen LogP contribution in [0.2, 0.25) is 0 Å². The molecule has 4 rings (SSSR count). The van der Waals surface area contributed by atoms with Crippen LogP contribution in [0.15, 0.2) is 23.0 Å². The third-order valence-corrected chi connectivity index (χ3v) is 7.16. The molecular weight excluding hydrogens is 388 g/mol. The molecule has 3 heterocycles. The lowest BCUT2D eigenvalue weighted by atomic mass is 9.83. The molecule has 6 nitrogen and oxygen atoms in total. The van der Waals surface area contributed by atoms with Gasteiger partial charge >= 0.3 is 0 Å². The highest BCUT2D eigenvalue weighted by Gasteiger charge is 2.33. The molecule has 0 saturated carbocycles. The van der Waals surface area contributed by atoms with Crippen LogP contribution >= 0.6 is 11.3 Å². The van der Waals surface area contributed by atoms with Gasteiger partial charge in [0.2, 0.25) is 4.74 Å². The van der Waals surface area contributed by atoms with E-state index in [9.17, 15) is 9.59 Å². The number of methoxy groups -OCH3 is 2. The summed E-state index contributed by atoms with van der Waals surface area (Å²) in [5.41, 5.74) is 0. The van der Waals surface area contributed by atoms with Gasteiger partial charge in [0.25, 0.3) is 5.91 Å². The number of benzene rings is 1. The van der Waals surface area contributed by atoms with Crippen molar-refractivity contribution >= 4 is 28.0 Å². The SMILES string of the molecule is COc1ccc2cc(C(=O)NCC3CCCN4CCCCC34)sc(=O)c2c1OC. The molecule has 2 fully saturated rings. The predicted molar refractivity (Wildman–Crippen MR) is 115 cm³/mol. The Morgan fingerprint density at radius 1 is 1.17 bits per heavy atom. The van der Waals surface area contributed by atoms with E-state index in [0.717, 1.165) is 17.8 Å². The van der Waals surface area contributed by atoms with Crippen LogP contribution in [0.25, 0.3) is 10.8 Å². The first-order valence-corrected chi connectivity index (χ1v) is 11.1. The zero-order valence-electron chi connectivity index (χ0n) is 17.0. The molecule has 0 radical (unpaired) electrons. The van der Waals surface area contributed by atoms with Crippen LogP contribution in [0.1, 0.15) is 41.8 Å². The Balaban J connectivity index is 1.52. The summed E-state index contributed by atoms with van der Waals surface area (Å²) in [6, 6.07) is 5.91. The molecule has 2 atom stereocenters. The van der Waals surface area contributed by atoms with Gasteiger partial charge in [0.05, 0.1) is 24.5 Å². The Morgan fingerprint density at radius 3 is 2.79 bits per heavy atom. The van der Waals surface area contributed by atoms with Gasteiger partial charge in [-0.25, -0.2) is 0 Å². The second-order valence-corrected chi connectivity index (χ2v) is 8.89. The lowest BCUT2D eigenvalue weighted by molar-refractivity contribution is 0.0576. The van der Waals surface area contributed by atoms with Gasteiger partial charge in [0, 0.05) is 12.6 Å². The largest absolute Gasteiger partial charge is 0.493 e. The van der Waals surface area contributed by atoms with E-state index in [-0.39, 0.29) is 10.6 Å². The zero-order chi connectivity index (χ0) is 20.4. The average Bonchev–Trinajstić information content (AvgIpc) is 2.76. The number of hydrogen-bond acceptors (Lipinski definition) is 6. The van der Waals surface area contributed by atoms with Crippen molar-refractivity contribution in [1.82, 2.24) is 10.2 Å². The highest BCUT2D eigenvalue weighted by Crippen LogP contribution is 2.34. The van der Waals surface area contributed by atoms with Gasteiger partial charge in [-0.15, -0.1) is 0 Å². The summed E-state index contributed by atoms with van der Waals surface area (Å²) < 4.78 is 10.5. The lowest BCUT2D eigenvalue weighted by Crippen LogP contribution is -2.50. The normalized spacial score (nSPS) is 22.1. The summed E-state index contributed by atoms with van der Waals surface area (Å²) in [5.74, 6) is 1.25. The van der Waals surface area contributed by atoms with Crippen molar-refractivity contribution in [3.05, 3.63) is 32.6 Å². The average molecular weight is 417 g/mol. The number of carbonyl (C=O) groups is 1. The molecule has 0 aliphatic carbocycles. The molecule has 1 aromatic heterocycles. The fourth-order valence-corrected chi connectivity index (χ4v) is 5.70. The van der Waals surface area contributed by atoms with E-state index in [4.69, 9.17) is 9.47 Å². The van der Waals surface area contributed by atoms with E-state index in [0.29, 0.717) is 45.7 Å². The van der Waals surface area contributed by atoms with Crippen molar-refractivity contribution in [3.8, 4) is 11.5 Å². The van der Waals surface area contributed by atoms with E-state index >= 15 is 0 Å². The van der Waals surface area contributed by atoms with E-state index in [1.54, 1.807) is 18.2 Å². The van der Waals surface area contributed by atoms with E-state index in [1.165, 1.54) is 53.0 Å². The van der Waals surface area contributed by atoms with Crippen molar-refractivity contribution in [2.24, 2.45) is 5.92 Å². The van der Waals surface area contributed by atoms with Gasteiger partial charge < -0.3 is 19.7 Å². The maximum absolute atomic E-state index is 12.8. The number of fused-ring (bicyclic) bond motifs is 2. The fourth-order valence-electron chi connectivity index (χ4n) is 4.83. The van der Waals surface area contributed by atoms with Gasteiger partial charge in [-0.05, 0) is 62.2 Å². The molecule has 7 heteroatoms. The minimum atomic E-state index is -0.195. The van der Waals surface area contributed by atoms with Crippen LogP contribution in [0.4, 0.5) is 0 Å². The number of carbonyl (C=O) groups excluding carboxylic acids is 1. The maximum atomic E-state index is 12.8. The van der Waals surface area contributed by atoms with Crippen LogP contribution in [-0.4, -0.2) is 50.7 Å². The minimum Gasteiger partial charge on any atom is -0.493 e. The van der Waals surface area contributed by atoms with Crippen molar-refractivity contribution < 1.29 is 14.3 Å². The molecular formula is C22H28N2O4S. The van der Waals surface area contributed by atoms with Gasteiger partial charge in [-0.1, -0.05) is 23.8 Å². The number of nitrogens with one attached hydrogen (secondary N) is 1. The fraction of sp³-hybridized carbons (Fsp3) is 0.545. The summed E-state index contributed by atoms with van der Waals surface area (Å²) in [6.07, 6.45) is 6.15. The monoisotopic (exact) mass is 416 g/mol. The molecule has 0 spiro atoms. The number of piperidine rings is 2. The number of amides is 1. The summed E-state index contributed by atoms with van der Waals surface area (Å²) in [6.45, 7) is 3.05. The number of hydrogen-bond donors (Lipinski definition) is 1. The van der Waals surface area contributed by atoms with Gasteiger partial charge in [-0.3, -0.25) is 9.59 Å². The summed E-state index contributed by atoms with van der Waals surface area (Å²) in [4.78, 5) is 28.6. The standard InChI is InChI=1S/C22H28N2O4S/c1-27-17-9-8-14-12-18(29-22(26)19(14)20(17)28-2)21(25)23-13-15-6-5-11-24-10-4-3-7-16(15)24/h8-9,12,15-16H,3-7,10-11,13H2,1-2H3,(H,23,25). The van der Waals surface area contributed by atoms with Crippen molar-refractivity contribution in [1.29, 1.82) is 0 Å². The molecule has 0 bridgehead atoms.